The van der Waals surface area contributed by atoms with E-state index in [9.17, 15) is 5.11 Å². The van der Waals surface area contributed by atoms with Crippen LogP contribution in [0.3, 0.4) is 0 Å². The van der Waals surface area contributed by atoms with Crippen LogP contribution in [-0.2, 0) is 0 Å². The minimum atomic E-state index is 0.302. The smallest absolute Gasteiger partial charge is 0.0558 e. The molecule has 0 bridgehead atoms. The van der Waals surface area contributed by atoms with Crippen LogP contribution in [0.2, 0.25) is 0 Å². The van der Waals surface area contributed by atoms with Crippen molar-refractivity contribution in [2.45, 2.75) is 65.0 Å². The molecule has 0 aromatic carbocycles. The molecule has 2 rings (SSSR count). The lowest BCUT2D eigenvalue weighted by molar-refractivity contribution is 0.0805. The van der Waals surface area contributed by atoms with E-state index in [1.165, 1.54) is 38.6 Å². The summed E-state index contributed by atoms with van der Waals surface area (Å²) in [6.45, 7) is 9.50. The van der Waals surface area contributed by atoms with Crippen LogP contribution in [0.15, 0.2) is 0 Å². The van der Waals surface area contributed by atoms with Crippen molar-refractivity contribution >= 4 is 0 Å². The third-order valence-electron chi connectivity index (χ3n) is 5.50. The lowest BCUT2D eigenvalue weighted by Crippen LogP contribution is -2.47. The van der Waals surface area contributed by atoms with Crippen LogP contribution in [0, 0.1) is 17.3 Å². The van der Waals surface area contributed by atoms with E-state index in [-0.39, 0.29) is 0 Å². The molecule has 2 aliphatic rings. The molecule has 0 amide bonds. The summed E-state index contributed by atoms with van der Waals surface area (Å²) in [6.07, 6.45) is 6.67. The van der Waals surface area contributed by atoms with Gasteiger partial charge in [-0.05, 0) is 56.4 Å². The molecule has 0 aromatic heterocycles. The summed E-state index contributed by atoms with van der Waals surface area (Å²) in [6, 6.07) is 1.42. The molecule has 2 fully saturated rings. The van der Waals surface area contributed by atoms with Crippen molar-refractivity contribution in [3.8, 4) is 0 Å². The molecular formula is C17H34N2O. The summed E-state index contributed by atoms with van der Waals surface area (Å²) in [5, 5.41) is 12.8. The Morgan fingerprint density at radius 1 is 1.15 bits per heavy atom. The Hall–Kier alpha value is -0.120. The second-order valence-corrected chi connectivity index (χ2v) is 7.98. The van der Waals surface area contributed by atoms with Gasteiger partial charge in [0.15, 0.2) is 0 Å². The Morgan fingerprint density at radius 2 is 1.85 bits per heavy atom. The van der Waals surface area contributed by atoms with Crippen LogP contribution in [0.1, 0.15) is 52.9 Å². The van der Waals surface area contributed by atoms with Crippen LogP contribution in [0.25, 0.3) is 0 Å². The SMILES string of the molecule is CNC1CCC(C(C)(C)C)CC1CN(CCO)C1CC1. The maximum absolute atomic E-state index is 9.29. The van der Waals surface area contributed by atoms with E-state index in [1.54, 1.807) is 0 Å². The third-order valence-corrected chi connectivity index (χ3v) is 5.50. The molecule has 0 aliphatic heterocycles. The molecular weight excluding hydrogens is 248 g/mol. The third kappa shape index (κ3) is 4.19. The zero-order valence-electron chi connectivity index (χ0n) is 13.9. The molecule has 0 saturated heterocycles. The topological polar surface area (TPSA) is 35.5 Å². The van der Waals surface area contributed by atoms with E-state index in [0.29, 0.717) is 18.1 Å². The van der Waals surface area contributed by atoms with Crippen LogP contribution in [-0.4, -0.2) is 48.8 Å². The highest BCUT2D eigenvalue weighted by Crippen LogP contribution is 2.41. The average Bonchev–Trinajstić information content (AvgIpc) is 3.21. The zero-order valence-corrected chi connectivity index (χ0v) is 13.9. The van der Waals surface area contributed by atoms with E-state index in [0.717, 1.165) is 24.4 Å². The molecule has 3 heteroatoms. The first kappa shape index (κ1) is 16.3. The van der Waals surface area contributed by atoms with E-state index in [1.807, 2.05) is 0 Å². The molecule has 3 unspecified atom stereocenters. The first-order valence-corrected chi connectivity index (χ1v) is 8.48. The van der Waals surface area contributed by atoms with Crippen molar-refractivity contribution in [1.82, 2.24) is 10.2 Å². The quantitative estimate of drug-likeness (QED) is 0.786. The summed E-state index contributed by atoms with van der Waals surface area (Å²) < 4.78 is 0. The molecule has 2 aliphatic carbocycles. The first-order chi connectivity index (χ1) is 9.45. The van der Waals surface area contributed by atoms with E-state index < -0.39 is 0 Å². The van der Waals surface area contributed by atoms with Gasteiger partial charge in [0, 0.05) is 25.2 Å². The first-order valence-electron chi connectivity index (χ1n) is 8.48. The highest BCUT2D eigenvalue weighted by Gasteiger charge is 2.38. The summed E-state index contributed by atoms with van der Waals surface area (Å²) in [5.41, 5.74) is 0.429. The standard InChI is InChI=1S/C17H34N2O/c1-17(2,3)14-5-8-16(18-4)13(11-14)12-19(9-10-20)15-6-7-15/h13-16,18,20H,5-12H2,1-4H3. The highest BCUT2D eigenvalue weighted by atomic mass is 16.3. The number of nitrogens with one attached hydrogen (secondary N) is 1. The Morgan fingerprint density at radius 3 is 2.35 bits per heavy atom. The van der Waals surface area contributed by atoms with Gasteiger partial charge < -0.3 is 10.4 Å². The van der Waals surface area contributed by atoms with Gasteiger partial charge in [0.25, 0.3) is 0 Å². The predicted molar refractivity (Wildman–Crippen MR) is 84.8 cm³/mol. The summed E-state index contributed by atoms with van der Waals surface area (Å²) in [7, 11) is 2.11. The number of aliphatic hydroxyl groups excluding tert-OH is 1. The molecule has 0 aromatic rings. The Labute approximate surface area is 125 Å². The summed E-state index contributed by atoms with van der Waals surface area (Å²) >= 11 is 0. The van der Waals surface area contributed by atoms with Gasteiger partial charge in [-0.2, -0.15) is 0 Å². The summed E-state index contributed by atoms with van der Waals surface area (Å²) in [4.78, 5) is 2.54. The second-order valence-electron chi connectivity index (χ2n) is 7.98. The maximum Gasteiger partial charge on any atom is 0.0558 e. The summed E-state index contributed by atoms with van der Waals surface area (Å²) in [5.74, 6) is 1.58. The number of hydrogen-bond acceptors (Lipinski definition) is 3. The van der Waals surface area contributed by atoms with Crippen molar-refractivity contribution in [3.63, 3.8) is 0 Å². The molecule has 2 saturated carbocycles. The molecule has 20 heavy (non-hydrogen) atoms. The molecule has 118 valence electrons. The number of aliphatic hydroxyl groups is 1. The number of rotatable bonds is 6. The van der Waals surface area contributed by atoms with Crippen LogP contribution in [0.4, 0.5) is 0 Å². The van der Waals surface area contributed by atoms with E-state index in [2.05, 4.69) is 38.0 Å². The highest BCUT2D eigenvalue weighted by molar-refractivity contribution is 4.92. The van der Waals surface area contributed by atoms with Gasteiger partial charge in [-0.1, -0.05) is 20.8 Å². The molecule has 3 atom stereocenters. The van der Waals surface area contributed by atoms with Crippen molar-refractivity contribution in [2.24, 2.45) is 17.3 Å². The van der Waals surface area contributed by atoms with Crippen molar-refractivity contribution in [3.05, 3.63) is 0 Å². The van der Waals surface area contributed by atoms with Crippen LogP contribution < -0.4 is 5.32 Å². The fourth-order valence-corrected chi connectivity index (χ4v) is 3.92. The van der Waals surface area contributed by atoms with Crippen LogP contribution >= 0.6 is 0 Å². The predicted octanol–water partition coefficient (Wildman–Crippen LogP) is 2.49. The fraction of sp³-hybridized carbons (Fsp3) is 1.00. The lowest BCUT2D eigenvalue weighted by atomic mass is 9.67. The van der Waals surface area contributed by atoms with Crippen molar-refractivity contribution in [1.29, 1.82) is 0 Å². The molecule has 0 radical (unpaired) electrons. The Balaban J connectivity index is 1.97. The van der Waals surface area contributed by atoms with Crippen molar-refractivity contribution < 1.29 is 5.11 Å². The van der Waals surface area contributed by atoms with Crippen LogP contribution in [0.5, 0.6) is 0 Å². The van der Waals surface area contributed by atoms with Gasteiger partial charge in [0.05, 0.1) is 6.61 Å². The normalized spacial score (nSPS) is 31.8. The maximum atomic E-state index is 9.29. The largest absolute Gasteiger partial charge is 0.395 e. The van der Waals surface area contributed by atoms with Crippen molar-refractivity contribution in [2.75, 3.05) is 26.7 Å². The minimum Gasteiger partial charge on any atom is -0.395 e. The Bertz CT molecular complexity index is 296. The fourth-order valence-electron chi connectivity index (χ4n) is 3.92. The monoisotopic (exact) mass is 282 g/mol. The van der Waals surface area contributed by atoms with Gasteiger partial charge in [0.1, 0.15) is 0 Å². The van der Waals surface area contributed by atoms with Gasteiger partial charge >= 0.3 is 0 Å². The molecule has 3 nitrogen and oxygen atoms in total. The lowest BCUT2D eigenvalue weighted by Gasteiger charge is -2.43. The average molecular weight is 282 g/mol. The van der Waals surface area contributed by atoms with Gasteiger partial charge in [-0.25, -0.2) is 0 Å². The second kappa shape index (κ2) is 6.76. The van der Waals surface area contributed by atoms with E-state index in [4.69, 9.17) is 0 Å². The van der Waals surface area contributed by atoms with Gasteiger partial charge in [0.2, 0.25) is 0 Å². The molecule has 0 heterocycles. The molecule has 0 spiro atoms. The van der Waals surface area contributed by atoms with Gasteiger partial charge in [-0.3, -0.25) is 4.90 Å². The number of hydrogen-bond donors (Lipinski definition) is 2. The number of nitrogens with zero attached hydrogens (tertiary/aromatic N) is 1. The zero-order chi connectivity index (χ0) is 14.8. The molecule has 2 N–H and O–H groups in total. The minimum absolute atomic E-state index is 0.302. The van der Waals surface area contributed by atoms with Gasteiger partial charge in [-0.15, -0.1) is 0 Å². The van der Waals surface area contributed by atoms with E-state index >= 15 is 0 Å². The Kier molecular flexibility index (Phi) is 5.49.